The molecule has 3 rings (SSSR count). The number of carbonyl (C=O) groups excluding carboxylic acids is 1. The molecule has 0 aromatic heterocycles. The molecule has 0 aromatic carbocycles. The first kappa shape index (κ1) is 24.3. The zero-order chi connectivity index (χ0) is 22.3. The Morgan fingerprint density at radius 2 is 1.58 bits per heavy atom. The summed E-state index contributed by atoms with van der Waals surface area (Å²) in [4.78, 5) is 25.0. The molecule has 178 valence electrons. The van der Waals surface area contributed by atoms with Gasteiger partial charge in [0.05, 0.1) is 12.0 Å². The fourth-order valence-electron chi connectivity index (χ4n) is 5.79. The molecule has 1 amide bonds. The van der Waals surface area contributed by atoms with E-state index in [2.05, 4.69) is 34.4 Å². The Balaban J connectivity index is 1.71. The van der Waals surface area contributed by atoms with Crippen molar-refractivity contribution < 1.29 is 4.79 Å². The van der Waals surface area contributed by atoms with Crippen molar-refractivity contribution in [2.75, 3.05) is 67.0 Å². The standard InChI is InChI=1S/C24H46N6O/c1-5-25-22(26-19-23(11-7-8-12-23)21(31)28(2)3)27-20-24(13-17-29(4)18-14-24)30-15-9-6-10-16-30/h5-20H2,1-4H3,(H2,25,26,27). The van der Waals surface area contributed by atoms with Gasteiger partial charge in [-0.2, -0.15) is 0 Å². The molecule has 0 aromatic rings. The summed E-state index contributed by atoms with van der Waals surface area (Å²) < 4.78 is 0. The summed E-state index contributed by atoms with van der Waals surface area (Å²) in [5, 5.41) is 7.02. The van der Waals surface area contributed by atoms with Crippen molar-refractivity contribution >= 4 is 11.9 Å². The van der Waals surface area contributed by atoms with Crippen LogP contribution in [0.25, 0.3) is 0 Å². The third-order valence-corrected chi connectivity index (χ3v) is 7.84. The molecule has 0 bridgehead atoms. The van der Waals surface area contributed by atoms with E-state index >= 15 is 0 Å². The lowest BCUT2D eigenvalue weighted by Crippen LogP contribution is -2.58. The van der Waals surface area contributed by atoms with Gasteiger partial charge in [-0.1, -0.05) is 19.3 Å². The van der Waals surface area contributed by atoms with Gasteiger partial charge in [0.15, 0.2) is 5.96 Å². The molecule has 7 heteroatoms. The number of hydrogen-bond acceptors (Lipinski definition) is 4. The summed E-state index contributed by atoms with van der Waals surface area (Å²) in [7, 11) is 5.99. The Bertz CT molecular complexity index is 599. The van der Waals surface area contributed by atoms with Gasteiger partial charge in [0.25, 0.3) is 0 Å². The number of carbonyl (C=O) groups is 1. The van der Waals surface area contributed by atoms with Gasteiger partial charge in [0.1, 0.15) is 0 Å². The molecule has 2 aliphatic heterocycles. The van der Waals surface area contributed by atoms with E-state index in [-0.39, 0.29) is 16.9 Å². The van der Waals surface area contributed by atoms with E-state index < -0.39 is 0 Å². The van der Waals surface area contributed by atoms with Crippen LogP contribution in [0.3, 0.4) is 0 Å². The van der Waals surface area contributed by atoms with E-state index in [1.54, 1.807) is 4.90 Å². The molecule has 0 radical (unpaired) electrons. The maximum Gasteiger partial charge on any atom is 0.230 e. The molecule has 1 aliphatic carbocycles. The Hall–Kier alpha value is -1.34. The topological polar surface area (TPSA) is 63.2 Å². The Morgan fingerprint density at radius 1 is 0.935 bits per heavy atom. The highest BCUT2D eigenvalue weighted by Gasteiger charge is 2.42. The summed E-state index contributed by atoms with van der Waals surface area (Å²) >= 11 is 0. The van der Waals surface area contributed by atoms with Crippen LogP contribution in [0, 0.1) is 5.41 Å². The smallest absolute Gasteiger partial charge is 0.230 e. The molecule has 2 N–H and O–H groups in total. The highest BCUT2D eigenvalue weighted by molar-refractivity contribution is 5.85. The number of rotatable bonds is 7. The predicted molar refractivity (Wildman–Crippen MR) is 128 cm³/mol. The number of amides is 1. The minimum absolute atomic E-state index is 0.180. The molecular formula is C24H46N6O. The molecule has 2 heterocycles. The lowest BCUT2D eigenvalue weighted by Gasteiger charge is -2.49. The molecule has 1 saturated carbocycles. The van der Waals surface area contributed by atoms with Crippen LogP contribution in [0.5, 0.6) is 0 Å². The summed E-state index contributed by atoms with van der Waals surface area (Å²) in [6.45, 7) is 9.18. The maximum absolute atomic E-state index is 12.9. The lowest BCUT2D eigenvalue weighted by molar-refractivity contribution is -0.138. The van der Waals surface area contributed by atoms with E-state index in [4.69, 9.17) is 4.99 Å². The Morgan fingerprint density at radius 3 is 2.16 bits per heavy atom. The van der Waals surface area contributed by atoms with Crippen molar-refractivity contribution in [3.05, 3.63) is 0 Å². The van der Waals surface area contributed by atoms with Gasteiger partial charge < -0.3 is 20.4 Å². The van der Waals surface area contributed by atoms with Crippen molar-refractivity contribution in [1.29, 1.82) is 0 Å². The van der Waals surface area contributed by atoms with Gasteiger partial charge in [-0.15, -0.1) is 0 Å². The lowest BCUT2D eigenvalue weighted by atomic mass is 9.84. The first-order valence-corrected chi connectivity index (χ1v) is 12.6. The number of nitrogens with one attached hydrogen (secondary N) is 2. The molecule has 0 unspecified atom stereocenters. The van der Waals surface area contributed by atoms with E-state index in [1.165, 1.54) is 45.2 Å². The maximum atomic E-state index is 12.9. The van der Waals surface area contributed by atoms with Crippen LogP contribution in [0.15, 0.2) is 4.99 Å². The first-order chi connectivity index (χ1) is 14.9. The summed E-state index contributed by atoms with van der Waals surface area (Å²) in [5.74, 6) is 1.13. The van der Waals surface area contributed by atoms with Crippen molar-refractivity contribution in [1.82, 2.24) is 25.3 Å². The highest BCUT2D eigenvalue weighted by atomic mass is 16.2. The Kier molecular flexibility index (Phi) is 8.62. The predicted octanol–water partition coefficient (Wildman–Crippen LogP) is 2.14. The van der Waals surface area contributed by atoms with Crippen LogP contribution < -0.4 is 10.6 Å². The molecule has 3 aliphatic rings. The Labute approximate surface area is 190 Å². The van der Waals surface area contributed by atoms with Crippen molar-refractivity contribution in [2.45, 2.75) is 70.3 Å². The quantitative estimate of drug-likeness (QED) is 0.475. The van der Waals surface area contributed by atoms with E-state index in [0.29, 0.717) is 6.54 Å². The van der Waals surface area contributed by atoms with Gasteiger partial charge in [0, 0.05) is 32.7 Å². The summed E-state index contributed by atoms with van der Waals surface area (Å²) in [5.41, 5.74) is -0.0996. The molecule has 3 fully saturated rings. The fourth-order valence-corrected chi connectivity index (χ4v) is 5.79. The number of piperidine rings is 2. The van der Waals surface area contributed by atoms with Crippen LogP contribution in [-0.2, 0) is 4.79 Å². The fraction of sp³-hybridized carbons (Fsp3) is 0.917. The summed E-state index contributed by atoms with van der Waals surface area (Å²) in [6.07, 6.45) is 10.6. The monoisotopic (exact) mass is 434 g/mol. The number of aliphatic imine (C=N–C) groups is 1. The van der Waals surface area contributed by atoms with Gasteiger partial charge in [-0.3, -0.25) is 14.7 Å². The van der Waals surface area contributed by atoms with Gasteiger partial charge in [-0.25, -0.2) is 0 Å². The number of nitrogens with zero attached hydrogens (tertiary/aromatic N) is 4. The number of likely N-dealkylation sites (tertiary alicyclic amines) is 2. The van der Waals surface area contributed by atoms with Crippen LogP contribution in [0.4, 0.5) is 0 Å². The third-order valence-electron chi connectivity index (χ3n) is 7.84. The van der Waals surface area contributed by atoms with Crippen molar-refractivity contribution in [3.63, 3.8) is 0 Å². The molecular weight excluding hydrogens is 388 g/mol. The first-order valence-electron chi connectivity index (χ1n) is 12.6. The van der Waals surface area contributed by atoms with Crippen LogP contribution in [0.2, 0.25) is 0 Å². The minimum atomic E-state index is -0.280. The van der Waals surface area contributed by atoms with Crippen LogP contribution in [0.1, 0.15) is 64.7 Å². The van der Waals surface area contributed by atoms with E-state index in [9.17, 15) is 4.79 Å². The second-order valence-electron chi connectivity index (χ2n) is 10.3. The minimum Gasteiger partial charge on any atom is -0.357 e. The van der Waals surface area contributed by atoms with E-state index in [0.717, 1.165) is 57.8 Å². The zero-order valence-corrected chi connectivity index (χ0v) is 20.5. The zero-order valence-electron chi connectivity index (χ0n) is 20.5. The largest absolute Gasteiger partial charge is 0.357 e. The molecule has 0 spiro atoms. The second kappa shape index (κ2) is 11.0. The number of hydrogen-bond donors (Lipinski definition) is 2. The van der Waals surface area contributed by atoms with Gasteiger partial charge in [-0.05, 0) is 78.7 Å². The average Bonchev–Trinajstić information content (AvgIpc) is 3.27. The van der Waals surface area contributed by atoms with Crippen LogP contribution in [-0.4, -0.2) is 99.1 Å². The molecule has 2 saturated heterocycles. The average molecular weight is 435 g/mol. The molecule has 7 nitrogen and oxygen atoms in total. The normalized spacial score (nSPS) is 24.7. The highest BCUT2D eigenvalue weighted by Crippen LogP contribution is 2.39. The van der Waals surface area contributed by atoms with Crippen molar-refractivity contribution in [3.8, 4) is 0 Å². The van der Waals surface area contributed by atoms with Crippen LogP contribution >= 0.6 is 0 Å². The molecule has 31 heavy (non-hydrogen) atoms. The number of guanidine groups is 1. The van der Waals surface area contributed by atoms with Gasteiger partial charge >= 0.3 is 0 Å². The van der Waals surface area contributed by atoms with E-state index in [1.807, 2.05) is 14.1 Å². The second-order valence-corrected chi connectivity index (χ2v) is 10.3. The molecule has 0 atom stereocenters. The van der Waals surface area contributed by atoms with Crippen molar-refractivity contribution in [2.24, 2.45) is 10.4 Å². The third kappa shape index (κ3) is 5.92. The SMILES string of the molecule is CCNC(=NCC1(N2CCCCC2)CCN(C)CC1)NCC1(C(=O)N(C)C)CCCC1. The van der Waals surface area contributed by atoms with Gasteiger partial charge in [0.2, 0.25) is 5.91 Å². The summed E-state index contributed by atoms with van der Waals surface area (Å²) in [6, 6.07) is 0.